The third-order valence-electron chi connectivity index (χ3n) is 1.72. The zero-order valence-electron chi connectivity index (χ0n) is 8.99. The summed E-state index contributed by atoms with van der Waals surface area (Å²) in [6.45, 7) is 2.56. The molecule has 0 aliphatic rings. The van der Waals surface area contributed by atoms with E-state index in [1.54, 1.807) is 6.20 Å². The maximum atomic E-state index is 10.8. The second-order valence-corrected chi connectivity index (χ2v) is 5.44. The standard InChI is InChI=1S/C8H13ClN4O2S/c1-6-5-11-8(9)13-7(6)10-3-4-12-16(2,14)15/h5,12H,3-4H2,1-2H3,(H,10,11,13). The van der Waals surface area contributed by atoms with Gasteiger partial charge < -0.3 is 5.32 Å². The second-order valence-electron chi connectivity index (χ2n) is 3.26. The lowest BCUT2D eigenvalue weighted by molar-refractivity contribution is 0.589. The highest BCUT2D eigenvalue weighted by Gasteiger charge is 2.02. The number of hydrogen-bond donors (Lipinski definition) is 2. The SMILES string of the molecule is Cc1cnc(Cl)nc1NCCNS(C)(=O)=O. The first-order chi connectivity index (χ1) is 7.38. The molecule has 0 aromatic carbocycles. The number of anilines is 1. The predicted molar refractivity (Wildman–Crippen MR) is 63.1 cm³/mol. The molecule has 0 aliphatic carbocycles. The first-order valence-corrected chi connectivity index (χ1v) is 6.83. The van der Waals surface area contributed by atoms with E-state index in [-0.39, 0.29) is 5.28 Å². The van der Waals surface area contributed by atoms with Gasteiger partial charge in [0.1, 0.15) is 5.82 Å². The molecule has 2 N–H and O–H groups in total. The van der Waals surface area contributed by atoms with E-state index in [0.29, 0.717) is 18.9 Å². The molecule has 0 radical (unpaired) electrons. The van der Waals surface area contributed by atoms with Crippen LogP contribution in [0.1, 0.15) is 5.56 Å². The Morgan fingerprint density at radius 2 is 2.12 bits per heavy atom. The molecule has 0 unspecified atom stereocenters. The van der Waals surface area contributed by atoms with Crippen molar-refractivity contribution >= 4 is 27.4 Å². The summed E-state index contributed by atoms with van der Waals surface area (Å²) in [5, 5.41) is 3.12. The van der Waals surface area contributed by atoms with Crippen LogP contribution in [0.5, 0.6) is 0 Å². The van der Waals surface area contributed by atoms with Gasteiger partial charge in [-0.3, -0.25) is 0 Å². The van der Waals surface area contributed by atoms with E-state index in [0.717, 1.165) is 11.8 Å². The van der Waals surface area contributed by atoms with E-state index in [2.05, 4.69) is 20.0 Å². The third-order valence-corrected chi connectivity index (χ3v) is 2.63. The van der Waals surface area contributed by atoms with Crippen molar-refractivity contribution in [3.05, 3.63) is 17.0 Å². The highest BCUT2D eigenvalue weighted by Crippen LogP contribution is 2.11. The number of sulfonamides is 1. The van der Waals surface area contributed by atoms with Crippen LogP contribution in [0.15, 0.2) is 6.20 Å². The molecule has 1 aromatic heterocycles. The molecule has 0 aliphatic heterocycles. The van der Waals surface area contributed by atoms with Gasteiger partial charge in [-0.1, -0.05) is 0 Å². The summed E-state index contributed by atoms with van der Waals surface area (Å²) in [5.41, 5.74) is 0.851. The molecule has 1 aromatic rings. The average molecular weight is 265 g/mol. The van der Waals surface area contributed by atoms with Gasteiger partial charge in [-0.05, 0) is 18.5 Å². The lowest BCUT2D eigenvalue weighted by atomic mass is 10.3. The molecular weight excluding hydrogens is 252 g/mol. The minimum atomic E-state index is -3.15. The number of rotatable bonds is 5. The van der Waals surface area contributed by atoms with Crippen molar-refractivity contribution in [2.45, 2.75) is 6.92 Å². The normalized spacial score (nSPS) is 11.4. The van der Waals surface area contributed by atoms with Gasteiger partial charge in [-0.25, -0.2) is 23.1 Å². The monoisotopic (exact) mass is 264 g/mol. The van der Waals surface area contributed by atoms with Crippen LogP contribution in [-0.2, 0) is 10.0 Å². The summed E-state index contributed by atoms with van der Waals surface area (Å²) < 4.78 is 23.9. The van der Waals surface area contributed by atoms with Gasteiger partial charge >= 0.3 is 0 Å². The van der Waals surface area contributed by atoms with E-state index < -0.39 is 10.0 Å². The van der Waals surface area contributed by atoms with Crippen molar-refractivity contribution in [3.63, 3.8) is 0 Å². The van der Waals surface area contributed by atoms with Gasteiger partial charge in [0.15, 0.2) is 0 Å². The Balaban J connectivity index is 2.46. The average Bonchev–Trinajstić information content (AvgIpc) is 2.16. The molecule has 0 bridgehead atoms. The Kier molecular flexibility index (Phi) is 4.45. The maximum Gasteiger partial charge on any atom is 0.224 e. The fourth-order valence-electron chi connectivity index (χ4n) is 1.02. The predicted octanol–water partition coefficient (Wildman–Crippen LogP) is 0.400. The maximum absolute atomic E-state index is 10.8. The Morgan fingerprint density at radius 1 is 1.44 bits per heavy atom. The molecular formula is C8H13ClN4O2S. The quantitative estimate of drug-likeness (QED) is 0.594. The summed E-state index contributed by atoms with van der Waals surface area (Å²) in [5.74, 6) is 0.607. The topological polar surface area (TPSA) is 84.0 Å². The number of aromatic nitrogens is 2. The molecule has 0 atom stereocenters. The Morgan fingerprint density at radius 3 is 2.75 bits per heavy atom. The number of nitrogens with zero attached hydrogens (tertiary/aromatic N) is 2. The first kappa shape index (κ1) is 13.1. The van der Waals surface area contributed by atoms with Crippen molar-refractivity contribution in [2.75, 3.05) is 24.7 Å². The number of halogens is 1. The molecule has 1 heterocycles. The van der Waals surface area contributed by atoms with Gasteiger partial charge in [0.05, 0.1) is 6.26 Å². The van der Waals surface area contributed by atoms with Crippen molar-refractivity contribution < 1.29 is 8.42 Å². The summed E-state index contributed by atoms with van der Waals surface area (Å²) in [4.78, 5) is 7.78. The van der Waals surface area contributed by atoms with Gasteiger partial charge in [-0.15, -0.1) is 0 Å². The highest BCUT2D eigenvalue weighted by molar-refractivity contribution is 7.88. The minimum Gasteiger partial charge on any atom is -0.368 e. The molecule has 8 heteroatoms. The second kappa shape index (κ2) is 5.42. The van der Waals surface area contributed by atoms with Crippen LogP contribution in [0.3, 0.4) is 0 Å². The van der Waals surface area contributed by atoms with Crippen molar-refractivity contribution in [2.24, 2.45) is 0 Å². The molecule has 0 fully saturated rings. The molecule has 90 valence electrons. The molecule has 0 saturated heterocycles. The van der Waals surface area contributed by atoms with E-state index in [4.69, 9.17) is 11.6 Å². The summed E-state index contributed by atoms with van der Waals surface area (Å²) in [7, 11) is -3.15. The van der Waals surface area contributed by atoms with Crippen LogP contribution in [0, 0.1) is 6.92 Å². The van der Waals surface area contributed by atoms with Crippen LogP contribution in [0.2, 0.25) is 5.28 Å². The van der Waals surface area contributed by atoms with E-state index in [9.17, 15) is 8.42 Å². The lowest BCUT2D eigenvalue weighted by Gasteiger charge is -2.08. The van der Waals surface area contributed by atoms with Gasteiger partial charge in [0.25, 0.3) is 0 Å². The van der Waals surface area contributed by atoms with Crippen LogP contribution >= 0.6 is 11.6 Å². The fourth-order valence-corrected chi connectivity index (χ4v) is 1.62. The van der Waals surface area contributed by atoms with Crippen LogP contribution in [0.25, 0.3) is 0 Å². The number of hydrogen-bond acceptors (Lipinski definition) is 5. The lowest BCUT2D eigenvalue weighted by Crippen LogP contribution is -2.27. The largest absolute Gasteiger partial charge is 0.368 e. The van der Waals surface area contributed by atoms with Gasteiger partial charge in [-0.2, -0.15) is 0 Å². The van der Waals surface area contributed by atoms with E-state index in [1.165, 1.54) is 0 Å². The molecule has 0 spiro atoms. The van der Waals surface area contributed by atoms with Crippen molar-refractivity contribution in [1.82, 2.24) is 14.7 Å². The fraction of sp³-hybridized carbons (Fsp3) is 0.500. The highest BCUT2D eigenvalue weighted by atomic mass is 35.5. The first-order valence-electron chi connectivity index (χ1n) is 4.56. The molecule has 16 heavy (non-hydrogen) atoms. The zero-order chi connectivity index (χ0) is 12.2. The van der Waals surface area contributed by atoms with Crippen LogP contribution < -0.4 is 10.0 Å². The summed E-state index contributed by atoms with van der Waals surface area (Å²) in [6.07, 6.45) is 2.71. The molecule has 6 nitrogen and oxygen atoms in total. The Hall–Kier alpha value is -0.920. The summed E-state index contributed by atoms with van der Waals surface area (Å²) >= 11 is 5.63. The zero-order valence-corrected chi connectivity index (χ0v) is 10.6. The molecule has 1 rings (SSSR count). The molecule has 0 saturated carbocycles. The Bertz CT molecular complexity index is 463. The minimum absolute atomic E-state index is 0.157. The van der Waals surface area contributed by atoms with Crippen LogP contribution in [0.4, 0.5) is 5.82 Å². The smallest absolute Gasteiger partial charge is 0.224 e. The van der Waals surface area contributed by atoms with E-state index in [1.807, 2.05) is 6.92 Å². The van der Waals surface area contributed by atoms with Gasteiger partial charge in [0.2, 0.25) is 15.3 Å². The van der Waals surface area contributed by atoms with Crippen molar-refractivity contribution in [3.8, 4) is 0 Å². The van der Waals surface area contributed by atoms with Gasteiger partial charge in [0, 0.05) is 24.8 Å². The number of aryl methyl sites for hydroxylation is 1. The Labute approximate surface area is 99.5 Å². The van der Waals surface area contributed by atoms with Crippen LogP contribution in [-0.4, -0.2) is 37.7 Å². The van der Waals surface area contributed by atoms with E-state index >= 15 is 0 Å². The number of nitrogens with one attached hydrogen (secondary N) is 2. The van der Waals surface area contributed by atoms with Crippen molar-refractivity contribution in [1.29, 1.82) is 0 Å². The summed E-state index contributed by atoms with van der Waals surface area (Å²) in [6, 6.07) is 0. The third kappa shape index (κ3) is 4.73. The molecule has 0 amide bonds.